The monoisotopic (exact) mass is 395 g/mol. The largest absolute Gasteiger partial charge is 0.298 e. The van der Waals surface area contributed by atoms with Crippen LogP contribution in [0.5, 0.6) is 0 Å². The van der Waals surface area contributed by atoms with Gasteiger partial charge >= 0.3 is 0 Å². The van der Waals surface area contributed by atoms with Gasteiger partial charge in [0.2, 0.25) is 10.0 Å². The molecule has 0 radical (unpaired) electrons. The quantitative estimate of drug-likeness (QED) is 0.787. The van der Waals surface area contributed by atoms with Gasteiger partial charge in [-0.05, 0) is 19.1 Å². The third-order valence-electron chi connectivity index (χ3n) is 2.98. The van der Waals surface area contributed by atoms with Gasteiger partial charge in [0.15, 0.2) is 0 Å². The fourth-order valence-electron chi connectivity index (χ4n) is 1.81. The summed E-state index contributed by atoms with van der Waals surface area (Å²) < 4.78 is 28.2. The minimum absolute atomic E-state index is 0.00997. The molecule has 0 aliphatic heterocycles. The molecule has 0 aliphatic carbocycles. The molecule has 2 rings (SSSR count). The lowest BCUT2D eigenvalue weighted by Crippen LogP contribution is -2.31. The van der Waals surface area contributed by atoms with Crippen LogP contribution >= 0.6 is 34.8 Å². The van der Waals surface area contributed by atoms with Gasteiger partial charge in [0, 0.05) is 24.8 Å². The van der Waals surface area contributed by atoms with Crippen molar-refractivity contribution in [3.8, 4) is 0 Å². The summed E-state index contributed by atoms with van der Waals surface area (Å²) in [5, 5.41) is 0.199. The zero-order chi connectivity index (χ0) is 17.2. The molecule has 1 heterocycles. The SMILES string of the molecule is Cc1cncn(CCNS(=O)(=O)c2cc(Cl)c(Cl)cc2Cl)c1=O. The maximum Gasteiger partial charge on any atom is 0.256 e. The van der Waals surface area contributed by atoms with Gasteiger partial charge in [-0.25, -0.2) is 18.1 Å². The van der Waals surface area contributed by atoms with E-state index in [1.807, 2.05) is 0 Å². The molecule has 124 valence electrons. The van der Waals surface area contributed by atoms with Crippen LogP contribution in [-0.2, 0) is 16.6 Å². The molecule has 23 heavy (non-hydrogen) atoms. The molecule has 0 atom stereocenters. The molecular formula is C13H12Cl3N3O3S. The maximum absolute atomic E-state index is 12.3. The number of rotatable bonds is 5. The molecule has 1 aromatic heterocycles. The molecule has 0 fully saturated rings. The summed E-state index contributed by atoms with van der Waals surface area (Å²) in [5.74, 6) is 0. The number of halogens is 3. The molecule has 0 saturated heterocycles. The first-order valence-corrected chi connectivity index (χ1v) is 8.99. The lowest BCUT2D eigenvalue weighted by atomic mass is 10.4. The van der Waals surface area contributed by atoms with E-state index in [4.69, 9.17) is 34.8 Å². The Bertz CT molecular complexity index is 897. The van der Waals surface area contributed by atoms with Crippen LogP contribution in [0.25, 0.3) is 0 Å². The number of hydrogen-bond donors (Lipinski definition) is 1. The van der Waals surface area contributed by atoms with E-state index >= 15 is 0 Å². The molecule has 0 saturated carbocycles. The molecule has 2 aromatic rings. The number of nitrogens with zero attached hydrogens (tertiary/aromatic N) is 2. The second-order valence-corrected chi connectivity index (χ2v) is 7.63. The van der Waals surface area contributed by atoms with E-state index in [-0.39, 0.29) is 38.6 Å². The van der Waals surface area contributed by atoms with E-state index < -0.39 is 10.0 Å². The van der Waals surface area contributed by atoms with Crippen LogP contribution in [0.1, 0.15) is 5.56 Å². The lowest BCUT2D eigenvalue weighted by molar-refractivity contribution is 0.568. The van der Waals surface area contributed by atoms with E-state index in [0.29, 0.717) is 5.56 Å². The summed E-state index contributed by atoms with van der Waals surface area (Å²) in [4.78, 5) is 15.5. The molecule has 6 nitrogen and oxygen atoms in total. The van der Waals surface area contributed by atoms with Gasteiger partial charge in [-0.15, -0.1) is 0 Å². The second kappa shape index (κ2) is 7.19. The van der Waals surface area contributed by atoms with Crippen LogP contribution < -0.4 is 10.3 Å². The predicted octanol–water partition coefficient (Wildman–Crippen LogP) is 2.49. The predicted molar refractivity (Wildman–Crippen MR) is 89.9 cm³/mol. The maximum atomic E-state index is 12.3. The normalized spacial score (nSPS) is 11.7. The van der Waals surface area contributed by atoms with E-state index in [1.165, 1.54) is 29.2 Å². The molecule has 0 bridgehead atoms. The Labute approximate surface area is 148 Å². The molecule has 1 N–H and O–H groups in total. The molecule has 0 unspecified atom stereocenters. The number of sulfonamides is 1. The Hall–Kier alpha value is -1.12. The van der Waals surface area contributed by atoms with E-state index in [0.717, 1.165) is 0 Å². The van der Waals surface area contributed by atoms with Crippen molar-refractivity contribution in [2.45, 2.75) is 18.4 Å². The first-order chi connectivity index (χ1) is 10.7. The highest BCUT2D eigenvalue weighted by Gasteiger charge is 2.19. The molecular weight excluding hydrogens is 385 g/mol. The van der Waals surface area contributed by atoms with Gasteiger partial charge in [0.05, 0.1) is 21.4 Å². The third-order valence-corrected chi connectivity index (χ3v) is 5.63. The summed E-state index contributed by atoms with van der Waals surface area (Å²) in [6.07, 6.45) is 2.79. The van der Waals surface area contributed by atoms with Crippen LogP contribution in [0.4, 0.5) is 0 Å². The number of hydrogen-bond acceptors (Lipinski definition) is 4. The van der Waals surface area contributed by atoms with Gasteiger partial charge in [-0.2, -0.15) is 0 Å². The number of aromatic nitrogens is 2. The first-order valence-electron chi connectivity index (χ1n) is 6.37. The Morgan fingerprint density at radius 2 is 1.83 bits per heavy atom. The second-order valence-electron chi connectivity index (χ2n) is 4.67. The highest BCUT2D eigenvalue weighted by Crippen LogP contribution is 2.31. The smallest absolute Gasteiger partial charge is 0.256 e. The zero-order valence-electron chi connectivity index (χ0n) is 11.9. The Morgan fingerprint density at radius 1 is 1.17 bits per heavy atom. The van der Waals surface area contributed by atoms with Crippen molar-refractivity contribution in [1.29, 1.82) is 0 Å². The fourth-order valence-corrected chi connectivity index (χ4v) is 3.83. The lowest BCUT2D eigenvalue weighted by Gasteiger charge is -2.10. The minimum Gasteiger partial charge on any atom is -0.298 e. The van der Waals surface area contributed by atoms with Gasteiger partial charge < -0.3 is 0 Å². The van der Waals surface area contributed by atoms with Gasteiger partial charge in [0.1, 0.15) is 4.90 Å². The van der Waals surface area contributed by atoms with Crippen LogP contribution in [0.3, 0.4) is 0 Å². The zero-order valence-corrected chi connectivity index (χ0v) is 15.0. The third kappa shape index (κ3) is 4.24. The van der Waals surface area contributed by atoms with Crippen molar-refractivity contribution in [2.75, 3.05) is 6.54 Å². The Morgan fingerprint density at radius 3 is 2.52 bits per heavy atom. The summed E-state index contributed by atoms with van der Waals surface area (Å²) >= 11 is 17.5. The van der Waals surface area contributed by atoms with Crippen LogP contribution in [0.2, 0.25) is 15.1 Å². The molecule has 0 aliphatic rings. The van der Waals surface area contributed by atoms with Gasteiger partial charge in [0.25, 0.3) is 5.56 Å². The van der Waals surface area contributed by atoms with Crippen LogP contribution in [0.15, 0.2) is 34.3 Å². The summed E-state index contributed by atoms with van der Waals surface area (Å²) in [7, 11) is -3.88. The molecule has 0 amide bonds. The van der Waals surface area contributed by atoms with Crippen molar-refractivity contribution in [2.24, 2.45) is 0 Å². The highest BCUT2D eigenvalue weighted by molar-refractivity contribution is 7.89. The molecule has 10 heteroatoms. The average Bonchev–Trinajstić information content (AvgIpc) is 2.47. The van der Waals surface area contributed by atoms with Crippen molar-refractivity contribution in [1.82, 2.24) is 14.3 Å². The average molecular weight is 397 g/mol. The number of aryl methyl sites for hydroxylation is 1. The van der Waals surface area contributed by atoms with Crippen LogP contribution in [-0.4, -0.2) is 24.5 Å². The Balaban J connectivity index is 2.15. The summed E-state index contributed by atoms with van der Waals surface area (Å²) in [6, 6.07) is 2.43. The van der Waals surface area contributed by atoms with Crippen LogP contribution in [0, 0.1) is 6.92 Å². The van der Waals surface area contributed by atoms with Crippen molar-refractivity contribution in [3.05, 3.63) is 55.6 Å². The van der Waals surface area contributed by atoms with E-state index in [9.17, 15) is 13.2 Å². The standard InChI is InChI=1S/C13H12Cl3N3O3S/c1-8-6-17-7-19(13(8)20)3-2-18-23(21,22)12-5-10(15)9(14)4-11(12)16/h4-7,18H,2-3H2,1H3. The fraction of sp³-hybridized carbons (Fsp3) is 0.231. The first kappa shape index (κ1) is 18.2. The highest BCUT2D eigenvalue weighted by atomic mass is 35.5. The van der Waals surface area contributed by atoms with Crippen molar-refractivity contribution >= 4 is 44.8 Å². The van der Waals surface area contributed by atoms with Gasteiger partial charge in [-0.1, -0.05) is 34.8 Å². The minimum atomic E-state index is -3.88. The summed E-state index contributed by atoms with van der Waals surface area (Å²) in [6.45, 7) is 1.75. The van der Waals surface area contributed by atoms with Gasteiger partial charge in [-0.3, -0.25) is 9.36 Å². The molecule has 1 aromatic carbocycles. The Kier molecular flexibility index (Phi) is 5.70. The number of nitrogens with one attached hydrogen (secondary N) is 1. The van der Waals surface area contributed by atoms with E-state index in [2.05, 4.69) is 9.71 Å². The van der Waals surface area contributed by atoms with Crippen molar-refractivity contribution < 1.29 is 8.42 Å². The topological polar surface area (TPSA) is 81.1 Å². The van der Waals surface area contributed by atoms with E-state index in [1.54, 1.807) is 6.92 Å². The van der Waals surface area contributed by atoms with Crippen molar-refractivity contribution in [3.63, 3.8) is 0 Å². The summed E-state index contributed by atoms with van der Waals surface area (Å²) in [5.41, 5.74) is 0.245. The molecule has 0 spiro atoms. The number of benzene rings is 1.